The number of thioether (sulfide) groups is 1. The summed E-state index contributed by atoms with van der Waals surface area (Å²) in [5.74, 6) is -1.54. The Morgan fingerprint density at radius 1 is 1.18 bits per heavy atom. The molecular weight excluding hydrogens is 619 g/mol. The zero-order valence-corrected chi connectivity index (χ0v) is 28.5. The quantitative estimate of drug-likeness (QED) is 0.162. The van der Waals surface area contributed by atoms with Gasteiger partial charge in [0.2, 0.25) is 21.8 Å². The number of carbonyl (C=O) groups is 4. The number of carbonyl (C=O) groups excluding carboxylic acids is 3. The van der Waals surface area contributed by atoms with E-state index in [9.17, 15) is 32.7 Å². The lowest BCUT2D eigenvalue weighted by Crippen LogP contribution is -2.56. The van der Waals surface area contributed by atoms with Gasteiger partial charge in [0.25, 0.3) is 0 Å². The molecule has 0 spiro atoms. The molecule has 3 aliphatic heterocycles. The second-order valence-electron chi connectivity index (χ2n) is 13.6. The van der Waals surface area contributed by atoms with Crippen molar-refractivity contribution in [3.05, 3.63) is 22.0 Å². The van der Waals surface area contributed by atoms with Gasteiger partial charge in [0.15, 0.2) is 0 Å². The summed E-state index contributed by atoms with van der Waals surface area (Å²) in [4.78, 5) is 54.2. The summed E-state index contributed by atoms with van der Waals surface area (Å²) in [6.45, 7) is 8.27. The molecule has 2 unspecified atom stereocenters. The van der Waals surface area contributed by atoms with Crippen LogP contribution in [0, 0.1) is 11.3 Å². The van der Waals surface area contributed by atoms with Gasteiger partial charge in [-0.15, -0.1) is 11.8 Å². The van der Waals surface area contributed by atoms with E-state index in [1.54, 1.807) is 11.8 Å². The first kappa shape index (κ1) is 35.3. The number of unbranched alkanes of at least 4 members (excludes halogenated alkanes) is 4. The van der Waals surface area contributed by atoms with Gasteiger partial charge < -0.3 is 26.0 Å². The number of amides is 4. The molecule has 14 heteroatoms. The van der Waals surface area contributed by atoms with Crippen LogP contribution in [-0.4, -0.2) is 96.1 Å². The lowest BCUT2D eigenvalue weighted by molar-refractivity contribution is -0.145. The number of carboxylic acid groups (broad SMARTS) is 1. The number of allylic oxidation sites excluding steroid dienone is 2. The van der Waals surface area contributed by atoms with E-state index in [1.807, 2.05) is 32.9 Å². The summed E-state index contributed by atoms with van der Waals surface area (Å²) in [6, 6.07) is -1.95. The summed E-state index contributed by atoms with van der Waals surface area (Å²) >= 11 is 1.56. The van der Waals surface area contributed by atoms with Gasteiger partial charge in [-0.3, -0.25) is 9.59 Å². The highest BCUT2D eigenvalue weighted by Gasteiger charge is 2.61. The Kier molecular flexibility index (Phi) is 11.3. The highest BCUT2D eigenvalue weighted by molar-refractivity contribution is 8.05. The first-order valence-electron chi connectivity index (χ1n) is 16.1. The molecule has 4 amide bonds. The Bertz CT molecular complexity index is 1330. The number of rotatable bonds is 14. The molecular formula is C31H49N5O7S2. The molecule has 0 bridgehead atoms. The van der Waals surface area contributed by atoms with E-state index in [0.717, 1.165) is 36.3 Å². The molecule has 0 radical (unpaired) electrons. The molecule has 0 aromatic heterocycles. The monoisotopic (exact) mass is 667 g/mol. The van der Waals surface area contributed by atoms with Gasteiger partial charge in [0.05, 0.1) is 11.4 Å². The molecule has 1 aliphatic carbocycles. The fourth-order valence-corrected chi connectivity index (χ4v) is 9.65. The van der Waals surface area contributed by atoms with Crippen molar-refractivity contribution >= 4 is 45.6 Å². The topological polar surface area (TPSA) is 165 Å². The van der Waals surface area contributed by atoms with E-state index in [4.69, 9.17) is 0 Å². The predicted molar refractivity (Wildman–Crippen MR) is 174 cm³/mol. The molecule has 4 aliphatic rings. The smallest absolute Gasteiger partial charge is 0.330 e. The number of likely N-dealkylation sites (tertiary alicyclic amines) is 1. The SMILES string of the molecule is CCCCCC/C=C\C1C[C@]1(NC(=O)[C@@H]1CCCN1C(=O)CNC(=O)NC(CN1CC2=C(CCS2)S1(=O)=O)C(C)(C)C)C(=O)O. The third kappa shape index (κ3) is 8.23. The van der Waals surface area contributed by atoms with Crippen LogP contribution in [0.25, 0.3) is 0 Å². The second-order valence-corrected chi connectivity index (χ2v) is 16.7. The zero-order chi connectivity index (χ0) is 33.0. The van der Waals surface area contributed by atoms with Crippen LogP contribution in [0.1, 0.15) is 85.5 Å². The Morgan fingerprint density at radius 3 is 2.60 bits per heavy atom. The maximum Gasteiger partial charge on any atom is 0.330 e. The maximum absolute atomic E-state index is 13.2. The molecule has 1 saturated heterocycles. The first-order chi connectivity index (χ1) is 21.2. The van der Waals surface area contributed by atoms with Crippen LogP contribution in [0.3, 0.4) is 0 Å². The maximum atomic E-state index is 13.2. The first-order valence-corrected chi connectivity index (χ1v) is 18.5. The molecule has 4 atom stereocenters. The molecule has 0 aromatic carbocycles. The van der Waals surface area contributed by atoms with Gasteiger partial charge in [-0.25, -0.2) is 18.0 Å². The van der Waals surface area contributed by atoms with E-state index >= 15 is 0 Å². The molecule has 12 nitrogen and oxygen atoms in total. The molecule has 0 aromatic rings. The van der Waals surface area contributed by atoms with Crippen LogP contribution >= 0.6 is 11.8 Å². The van der Waals surface area contributed by atoms with Crippen LogP contribution in [0.15, 0.2) is 22.0 Å². The predicted octanol–water partition coefficient (Wildman–Crippen LogP) is 3.17. The molecule has 2 fully saturated rings. The molecule has 3 heterocycles. The van der Waals surface area contributed by atoms with E-state index in [-0.39, 0.29) is 19.0 Å². The highest BCUT2D eigenvalue weighted by Crippen LogP contribution is 2.45. The normalized spacial score (nSPS) is 26.6. The minimum atomic E-state index is -3.55. The summed E-state index contributed by atoms with van der Waals surface area (Å²) in [6.07, 6.45) is 11.1. The standard InChI is InChI=1S/C31H49N5O7S2/c1-5-6-7-8-9-10-12-21-17-31(21,28(39)40)34-27(38)22-13-11-15-36(22)26(37)18-32-29(41)33-25(30(2,3)4)20-35-19-23-24(14-16-44-23)45(35,42)43/h10,12,21-22,25H,5-9,11,13-20H2,1-4H3,(H,34,38)(H,39,40)(H2,32,33,41)/b12-10-/t21?,22-,25?,31+/m0/s1. The summed E-state index contributed by atoms with van der Waals surface area (Å²) in [5.41, 5.74) is -1.83. The van der Waals surface area contributed by atoms with Crippen LogP contribution in [-0.2, 0) is 24.4 Å². The average molecular weight is 668 g/mol. The number of hydrogen-bond acceptors (Lipinski definition) is 7. The number of sulfonamides is 1. The number of urea groups is 1. The van der Waals surface area contributed by atoms with Crippen LogP contribution in [0.5, 0.6) is 0 Å². The van der Waals surface area contributed by atoms with Crippen molar-refractivity contribution in [1.29, 1.82) is 0 Å². The average Bonchev–Trinajstić information content (AvgIpc) is 3.31. The Hall–Kier alpha value is -2.58. The van der Waals surface area contributed by atoms with Gasteiger partial charge in [-0.1, -0.05) is 59.1 Å². The molecule has 1 saturated carbocycles. The number of nitrogens with one attached hydrogen (secondary N) is 3. The fraction of sp³-hybridized carbons (Fsp3) is 0.742. The Morgan fingerprint density at radius 2 is 1.93 bits per heavy atom. The van der Waals surface area contributed by atoms with Crippen molar-refractivity contribution in [2.24, 2.45) is 11.3 Å². The molecule has 4 rings (SSSR count). The summed E-state index contributed by atoms with van der Waals surface area (Å²) in [7, 11) is -3.55. The lowest BCUT2D eigenvalue weighted by atomic mass is 9.86. The second kappa shape index (κ2) is 14.5. The van der Waals surface area contributed by atoms with Crippen molar-refractivity contribution in [3.8, 4) is 0 Å². The largest absolute Gasteiger partial charge is 0.479 e. The van der Waals surface area contributed by atoms with E-state index in [2.05, 4.69) is 22.9 Å². The van der Waals surface area contributed by atoms with Crippen LogP contribution in [0.4, 0.5) is 4.79 Å². The van der Waals surface area contributed by atoms with E-state index in [1.165, 1.54) is 15.6 Å². The number of aliphatic carboxylic acids is 1. The van der Waals surface area contributed by atoms with Gasteiger partial charge in [-0.2, -0.15) is 4.31 Å². The minimum Gasteiger partial charge on any atom is -0.479 e. The summed E-state index contributed by atoms with van der Waals surface area (Å²) < 4.78 is 27.4. The van der Waals surface area contributed by atoms with E-state index in [0.29, 0.717) is 43.7 Å². The van der Waals surface area contributed by atoms with Gasteiger partial charge in [-0.05, 0) is 43.9 Å². The van der Waals surface area contributed by atoms with Gasteiger partial charge in [0, 0.05) is 42.3 Å². The van der Waals surface area contributed by atoms with Crippen molar-refractivity contribution in [3.63, 3.8) is 0 Å². The van der Waals surface area contributed by atoms with Crippen molar-refractivity contribution < 1.29 is 32.7 Å². The van der Waals surface area contributed by atoms with Gasteiger partial charge in [0.1, 0.15) is 11.6 Å². The molecule has 45 heavy (non-hydrogen) atoms. The van der Waals surface area contributed by atoms with Crippen molar-refractivity contribution in [1.82, 2.24) is 25.2 Å². The third-order valence-electron chi connectivity index (χ3n) is 9.24. The number of nitrogens with zero attached hydrogens (tertiary/aromatic N) is 2. The highest BCUT2D eigenvalue weighted by atomic mass is 32.2. The van der Waals surface area contributed by atoms with Crippen LogP contribution < -0.4 is 16.0 Å². The van der Waals surface area contributed by atoms with Crippen LogP contribution in [0.2, 0.25) is 0 Å². The van der Waals surface area contributed by atoms with Crippen molar-refractivity contribution in [2.45, 2.75) is 103 Å². The Labute approximate surface area is 271 Å². The minimum absolute atomic E-state index is 0.107. The summed E-state index contributed by atoms with van der Waals surface area (Å²) in [5, 5.41) is 18.1. The number of hydrogen-bond donors (Lipinski definition) is 4. The Balaban J connectivity index is 1.28. The van der Waals surface area contributed by atoms with Crippen molar-refractivity contribution in [2.75, 3.05) is 31.9 Å². The fourth-order valence-electron chi connectivity index (χ4n) is 6.22. The molecule has 4 N–H and O–H groups in total. The van der Waals surface area contributed by atoms with Gasteiger partial charge >= 0.3 is 12.0 Å². The molecule has 252 valence electrons. The van der Waals surface area contributed by atoms with E-state index < -0.39 is 56.9 Å². The number of carboxylic acids is 1. The lowest BCUT2D eigenvalue weighted by Gasteiger charge is -2.34. The zero-order valence-electron chi connectivity index (χ0n) is 26.9. The third-order valence-corrected chi connectivity index (χ3v) is 12.5.